The van der Waals surface area contributed by atoms with Crippen LogP contribution in [0.5, 0.6) is 5.75 Å². The minimum atomic E-state index is -4.65. The molecule has 2 rings (SSSR count). The maximum absolute atomic E-state index is 13.0. The molecule has 1 amide bonds. The number of carbonyl (C=O) groups is 1. The molecule has 0 bridgehead atoms. The van der Waals surface area contributed by atoms with Gasteiger partial charge in [-0.25, -0.2) is 0 Å². The lowest BCUT2D eigenvalue weighted by Gasteiger charge is -2.18. The van der Waals surface area contributed by atoms with Gasteiger partial charge in [-0.1, -0.05) is 29.3 Å². The van der Waals surface area contributed by atoms with Gasteiger partial charge in [0.15, 0.2) is 6.10 Å². The number of hydrogen-bond acceptors (Lipinski definition) is 2. The number of hydrogen-bond donors (Lipinski definition) is 1. The largest absolute Gasteiger partial charge is 0.481 e. The number of rotatable bonds is 4. The van der Waals surface area contributed by atoms with Crippen LogP contribution in [0, 0.1) is 0 Å². The molecule has 0 saturated carbocycles. The first-order valence-corrected chi connectivity index (χ1v) is 7.52. The Morgan fingerprint density at radius 2 is 1.79 bits per heavy atom. The number of amides is 1. The summed E-state index contributed by atoms with van der Waals surface area (Å²) in [4.78, 5) is 12.1. The van der Waals surface area contributed by atoms with E-state index in [-0.39, 0.29) is 5.02 Å². The Kier molecular flexibility index (Phi) is 5.62. The molecule has 8 heteroatoms. The van der Waals surface area contributed by atoms with Gasteiger partial charge in [-0.3, -0.25) is 4.79 Å². The van der Waals surface area contributed by atoms with Gasteiger partial charge in [0.05, 0.1) is 11.3 Å². The van der Waals surface area contributed by atoms with Crippen LogP contribution < -0.4 is 10.1 Å². The molecule has 0 saturated heterocycles. The van der Waals surface area contributed by atoms with Crippen LogP contribution in [-0.4, -0.2) is 12.0 Å². The van der Waals surface area contributed by atoms with Crippen molar-refractivity contribution < 1.29 is 22.7 Å². The molecule has 0 spiro atoms. The zero-order chi connectivity index (χ0) is 17.9. The highest BCUT2D eigenvalue weighted by Gasteiger charge is 2.34. The van der Waals surface area contributed by atoms with E-state index in [9.17, 15) is 18.0 Å². The first kappa shape index (κ1) is 18.4. The molecular formula is C16H12Cl2F3NO2. The van der Waals surface area contributed by atoms with Crippen LogP contribution >= 0.6 is 23.2 Å². The topological polar surface area (TPSA) is 38.3 Å². The minimum absolute atomic E-state index is 0.0800. The predicted octanol–water partition coefficient (Wildman–Crippen LogP) is 5.42. The van der Waals surface area contributed by atoms with Gasteiger partial charge in [-0.2, -0.15) is 13.2 Å². The molecule has 0 aliphatic carbocycles. The van der Waals surface area contributed by atoms with E-state index in [0.717, 1.165) is 12.1 Å². The van der Waals surface area contributed by atoms with E-state index in [0.29, 0.717) is 10.8 Å². The SMILES string of the molecule is CC(Oc1cccc(Cl)c1)C(=O)Nc1ccc(Cl)cc1C(F)(F)F. The molecule has 1 atom stereocenters. The molecule has 0 aliphatic heterocycles. The Bertz CT molecular complexity index is 750. The van der Waals surface area contributed by atoms with Crippen molar-refractivity contribution in [3.8, 4) is 5.75 Å². The van der Waals surface area contributed by atoms with Crippen molar-refractivity contribution >= 4 is 34.8 Å². The lowest BCUT2D eigenvalue weighted by atomic mass is 10.1. The number of alkyl halides is 3. The normalized spacial score (nSPS) is 12.6. The van der Waals surface area contributed by atoms with Crippen molar-refractivity contribution in [2.45, 2.75) is 19.2 Å². The van der Waals surface area contributed by atoms with Crippen molar-refractivity contribution in [1.29, 1.82) is 0 Å². The molecule has 2 aromatic carbocycles. The summed E-state index contributed by atoms with van der Waals surface area (Å²) in [7, 11) is 0. The third-order valence-corrected chi connectivity index (χ3v) is 3.49. The predicted molar refractivity (Wildman–Crippen MR) is 86.6 cm³/mol. The molecule has 24 heavy (non-hydrogen) atoms. The molecule has 3 nitrogen and oxygen atoms in total. The quantitative estimate of drug-likeness (QED) is 0.772. The number of halogens is 5. The van der Waals surface area contributed by atoms with Gasteiger partial charge in [0.2, 0.25) is 0 Å². The van der Waals surface area contributed by atoms with Gasteiger partial charge >= 0.3 is 6.18 Å². The molecule has 0 fully saturated rings. The Labute approximate surface area is 146 Å². The molecule has 1 unspecified atom stereocenters. The summed E-state index contributed by atoms with van der Waals surface area (Å²) in [5, 5.41) is 2.54. The summed E-state index contributed by atoms with van der Waals surface area (Å²) in [6, 6.07) is 9.43. The molecule has 0 heterocycles. The number of carbonyl (C=O) groups excluding carboxylic acids is 1. The summed E-state index contributed by atoms with van der Waals surface area (Å²) < 4.78 is 44.4. The van der Waals surface area contributed by atoms with Crippen LogP contribution in [0.2, 0.25) is 10.0 Å². The zero-order valence-corrected chi connectivity index (χ0v) is 13.8. The monoisotopic (exact) mass is 377 g/mol. The lowest BCUT2D eigenvalue weighted by Crippen LogP contribution is -2.31. The van der Waals surface area contributed by atoms with E-state index in [1.807, 2.05) is 0 Å². The van der Waals surface area contributed by atoms with Crippen molar-refractivity contribution in [3.63, 3.8) is 0 Å². The van der Waals surface area contributed by atoms with E-state index in [2.05, 4.69) is 5.32 Å². The molecular weight excluding hydrogens is 366 g/mol. The van der Waals surface area contributed by atoms with Crippen LogP contribution in [0.1, 0.15) is 12.5 Å². The lowest BCUT2D eigenvalue weighted by molar-refractivity contribution is -0.137. The standard InChI is InChI=1S/C16H12Cl2F3NO2/c1-9(24-12-4-2-3-10(17)7-12)15(23)22-14-6-5-11(18)8-13(14)16(19,20)21/h2-9H,1H3,(H,22,23). The first-order chi connectivity index (χ1) is 11.2. The fourth-order valence-electron chi connectivity index (χ4n) is 1.89. The number of benzene rings is 2. The average Bonchev–Trinajstić information content (AvgIpc) is 2.48. The summed E-state index contributed by atoms with van der Waals surface area (Å²) in [6.45, 7) is 1.42. The molecule has 1 N–H and O–H groups in total. The zero-order valence-electron chi connectivity index (χ0n) is 12.3. The van der Waals surface area contributed by atoms with Crippen LogP contribution in [0.4, 0.5) is 18.9 Å². The Hall–Kier alpha value is -1.92. The second-order valence-electron chi connectivity index (χ2n) is 4.89. The third-order valence-electron chi connectivity index (χ3n) is 3.02. The average molecular weight is 378 g/mol. The first-order valence-electron chi connectivity index (χ1n) is 6.76. The van der Waals surface area contributed by atoms with Crippen molar-refractivity contribution in [2.24, 2.45) is 0 Å². The molecule has 128 valence electrons. The van der Waals surface area contributed by atoms with Gasteiger partial charge in [-0.15, -0.1) is 0 Å². The maximum Gasteiger partial charge on any atom is 0.418 e. The summed E-state index contributed by atoms with van der Waals surface area (Å²) in [5.74, 6) is -0.403. The van der Waals surface area contributed by atoms with E-state index < -0.39 is 29.4 Å². The van der Waals surface area contributed by atoms with Crippen LogP contribution in [-0.2, 0) is 11.0 Å². The Balaban J connectivity index is 2.14. The highest BCUT2D eigenvalue weighted by atomic mass is 35.5. The Morgan fingerprint density at radius 1 is 1.12 bits per heavy atom. The summed E-state index contributed by atoms with van der Waals surface area (Å²) in [6.07, 6.45) is -5.68. The van der Waals surface area contributed by atoms with Gasteiger partial charge in [0.1, 0.15) is 5.75 Å². The van der Waals surface area contributed by atoms with Crippen molar-refractivity contribution in [1.82, 2.24) is 0 Å². The van der Waals surface area contributed by atoms with E-state index in [4.69, 9.17) is 27.9 Å². The maximum atomic E-state index is 13.0. The molecule has 0 aliphatic rings. The van der Waals surface area contributed by atoms with Crippen molar-refractivity contribution in [3.05, 3.63) is 58.1 Å². The van der Waals surface area contributed by atoms with Crippen LogP contribution in [0.3, 0.4) is 0 Å². The van der Waals surface area contributed by atoms with Crippen molar-refractivity contribution in [2.75, 3.05) is 5.32 Å². The number of ether oxygens (including phenoxy) is 1. The number of anilines is 1. The minimum Gasteiger partial charge on any atom is -0.481 e. The van der Waals surface area contributed by atoms with E-state index in [1.54, 1.807) is 18.2 Å². The Morgan fingerprint density at radius 3 is 2.42 bits per heavy atom. The van der Waals surface area contributed by atoms with E-state index in [1.165, 1.54) is 19.1 Å². The van der Waals surface area contributed by atoms with Gasteiger partial charge in [0.25, 0.3) is 5.91 Å². The molecule has 2 aromatic rings. The van der Waals surface area contributed by atoms with Gasteiger partial charge < -0.3 is 10.1 Å². The highest BCUT2D eigenvalue weighted by Crippen LogP contribution is 2.36. The van der Waals surface area contributed by atoms with Gasteiger partial charge in [0, 0.05) is 10.0 Å². The molecule has 0 radical (unpaired) electrons. The van der Waals surface area contributed by atoms with Gasteiger partial charge in [-0.05, 0) is 43.3 Å². The van der Waals surface area contributed by atoms with Crippen LogP contribution in [0.25, 0.3) is 0 Å². The second-order valence-corrected chi connectivity index (χ2v) is 5.77. The number of nitrogens with one attached hydrogen (secondary N) is 1. The fraction of sp³-hybridized carbons (Fsp3) is 0.188. The highest BCUT2D eigenvalue weighted by molar-refractivity contribution is 6.31. The smallest absolute Gasteiger partial charge is 0.418 e. The van der Waals surface area contributed by atoms with Crippen LogP contribution in [0.15, 0.2) is 42.5 Å². The summed E-state index contributed by atoms with van der Waals surface area (Å²) >= 11 is 11.4. The van der Waals surface area contributed by atoms with E-state index >= 15 is 0 Å². The molecule has 0 aromatic heterocycles. The summed E-state index contributed by atoms with van der Waals surface area (Å²) in [5.41, 5.74) is -1.42. The fourth-order valence-corrected chi connectivity index (χ4v) is 2.24. The second kappa shape index (κ2) is 7.32. The third kappa shape index (κ3) is 4.79.